The van der Waals surface area contributed by atoms with Crippen LogP contribution in [0.5, 0.6) is 0 Å². The molecule has 2 heterocycles. The van der Waals surface area contributed by atoms with Crippen molar-refractivity contribution in [2.24, 2.45) is 21.6 Å². The highest BCUT2D eigenvalue weighted by Crippen LogP contribution is 2.59. The van der Waals surface area contributed by atoms with Crippen molar-refractivity contribution in [3.05, 3.63) is 29.8 Å². The average molecular weight is 471 g/mol. The van der Waals surface area contributed by atoms with Crippen molar-refractivity contribution in [1.29, 1.82) is 0 Å². The first kappa shape index (κ1) is 24.4. The highest BCUT2D eigenvalue weighted by atomic mass is 32.2. The first-order chi connectivity index (χ1) is 14.3. The van der Waals surface area contributed by atoms with Gasteiger partial charge in [0.1, 0.15) is 5.84 Å². The zero-order chi connectivity index (χ0) is 23.0. The number of benzene rings is 1. The molecule has 174 valence electrons. The average Bonchev–Trinajstić information content (AvgIpc) is 2.83. The molecule has 0 N–H and O–H groups in total. The van der Waals surface area contributed by atoms with Gasteiger partial charge in [-0.3, -0.25) is 13.7 Å². The van der Waals surface area contributed by atoms with Crippen molar-refractivity contribution in [3.63, 3.8) is 0 Å². The quantitative estimate of drug-likeness (QED) is 0.547. The van der Waals surface area contributed by atoms with E-state index in [1.54, 1.807) is 28.9 Å². The van der Waals surface area contributed by atoms with Crippen LogP contribution in [0.4, 0.5) is 0 Å². The number of hydrogen-bond acceptors (Lipinski definition) is 5. The second-order valence-corrected chi connectivity index (χ2v) is 13.5. The number of hydrogen-bond donors (Lipinski definition) is 0. The summed E-state index contributed by atoms with van der Waals surface area (Å²) < 4.78 is 57.7. The molecule has 2 aliphatic heterocycles. The molecule has 1 aromatic carbocycles. The summed E-state index contributed by atoms with van der Waals surface area (Å²) in [7, 11) is -7.71. The molecule has 0 aromatic heterocycles. The summed E-state index contributed by atoms with van der Waals surface area (Å²) in [5, 5.41) is 0. The SMILES string of the molecule is Cc1ccc(S(=O)(=O)/N=C2\C[C@H](C)CC[C@@H](C(C)C)N2P2(=O)OCC(C)(C)CO2)cc1. The molecule has 31 heavy (non-hydrogen) atoms. The van der Waals surface area contributed by atoms with Crippen molar-refractivity contribution >= 4 is 23.6 Å². The van der Waals surface area contributed by atoms with Gasteiger partial charge in [-0.25, -0.2) is 4.57 Å². The van der Waals surface area contributed by atoms with Crippen LogP contribution in [0.3, 0.4) is 0 Å². The molecule has 9 heteroatoms. The van der Waals surface area contributed by atoms with Gasteiger partial charge in [0, 0.05) is 17.9 Å². The highest BCUT2D eigenvalue weighted by Gasteiger charge is 2.48. The minimum absolute atomic E-state index is 0.116. The number of aryl methyl sites for hydroxylation is 1. The van der Waals surface area contributed by atoms with Crippen LogP contribution in [-0.4, -0.2) is 38.2 Å². The van der Waals surface area contributed by atoms with Crippen LogP contribution >= 0.6 is 7.75 Å². The fraction of sp³-hybridized carbons (Fsp3) is 0.682. The van der Waals surface area contributed by atoms with Gasteiger partial charge in [-0.05, 0) is 43.7 Å². The Morgan fingerprint density at radius 3 is 2.26 bits per heavy atom. The van der Waals surface area contributed by atoms with Gasteiger partial charge in [-0.2, -0.15) is 8.42 Å². The molecule has 2 atom stereocenters. The van der Waals surface area contributed by atoms with E-state index >= 15 is 0 Å². The Morgan fingerprint density at radius 1 is 1.13 bits per heavy atom. The van der Waals surface area contributed by atoms with E-state index in [1.165, 1.54) is 0 Å². The van der Waals surface area contributed by atoms with Crippen LogP contribution in [0, 0.1) is 24.2 Å². The third-order valence-electron chi connectivity index (χ3n) is 5.88. The normalized spacial score (nSPS) is 28.0. The van der Waals surface area contributed by atoms with Crippen LogP contribution in [0.2, 0.25) is 0 Å². The second-order valence-electron chi connectivity index (χ2n) is 10.0. The Morgan fingerprint density at radius 2 is 1.71 bits per heavy atom. The van der Waals surface area contributed by atoms with Gasteiger partial charge in [0.05, 0.1) is 18.1 Å². The van der Waals surface area contributed by atoms with Crippen molar-refractivity contribution in [2.45, 2.75) is 71.7 Å². The van der Waals surface area contributed by atoms with Crippen molar-refractivity contribution in [3.8, 4) is 0 Å². The molecule has 0 amide bonds. The molecule has 3 rings (SSSR count). The minimum atomic E-state index is -3.97. The summed E-state index contributed by atoms with van der Waals surface area (Å²) in [6.07, 6.45) is 2.05. The molecule has 2 fully saturated rings. The molecule has 0 radical (unpaired) electrons. The molecule has 0 unspecified atom stereocenters. The predicted molar refractivity (Wildman–Crippen MR) is 123 cm³/mol. The Balaban J connectivity index is 2.10. The van der Waals surface area contributed by atoms with Crippen molar-refractivity contribution in [2.75, 3.05) is 13.2 Å². The smallest absolute Gasteiger partial charge is 0.291 e. The molecule has 7 nitrogen and oxygen atoms in total. The second kappa shape index (κ2) is 8.97. The van der Waals surface area contributed by atoms with Gasteiger partial charge < -0.3 is 0 Å². The third kappa shape index (κ3) is 5.59. The van der Waals surface area contributed by atoms with Crippen LogP contribution in [0.15, 0.2) is 33.6 Å². The van der Waals surface area contributed by atoms with E-state index in [9.17, 15) is 13.0 Å². The lowest BCUT2D eigenvalue weighted by Gasteiger charge is -2.43. The van der Waals surface area contributed by atoms with Crippen molar-refractivity contribution in [1.82, 2.24) is 4.67 Å². The molecule has 0 aliphatic carbocycles. The highest BCUT2D eigenvalue weighted by molar-refractivity contribution is 7.90. The predicted octanol–water partition coefficient (Wildman–Crippen LogP) is 5.41. The van der Waals surface area contributed by atoms with Gasteiger partial charge in [0.2, 0.25) is 0 Å². The Bertz CT molecular complexity index is 958. The van der Waals surface area contributed by atoms with Crippen LogP contribution in [0.1, 0.15) is 59.4 Å². The largest absolute Gasteiger partial charge is 0.436 e. The lowest BCUT2D eigenvalue weighted by Crippen LogP contribution is -2.44. The van der Waals surface area contributed by atoms with Gasteiger partial charge in [0.15, 0.2) is 0 Å². The van der Waals surface area contributed by atoms with E-state index < -0.39 is 17.8 Å². The summed E-state index contributed by atoms with van der Waals surface area (Å²) in [4.78, 5) is 0.119. The number of amidine groups is 1. The fourth-order valence-corrected chi connectivity index (χ4v) is 7.50. The standard InChI is InChI=1S/C22H35N2O5PS/c1-16(2)20-12-9-18(4)13-21(23-31(26,27)19-10-7-17(3)8-11-19)24(20)30(25)28-14-22(5,6)15-29-30/h7-8,10-11,16,18,20H,9,12-15H2,1-6H3/b23-21+/t18-,20+/m1/s1. The van der Waals surface area contributed by atoms with Gasteiger partial charge in [-0.1, -0.05) is 52.3 Å². The van der Waals surface area contributed by atoms with Crippen LogP contribution in [-0.2, 0) is 23.6 Å². The first-order valence-corrected chi connectivity index (χ1v) is 13.9. The molecule has 0 bridgehead atoms. The van der Waals surface area contributed by atoms with E-state index in [2.05, 4.69) is 11.3 Å². The monoisotopic (exact) mass is 470 g/mol. The van der Waals surface area contributed by atoms with Crippen LogP contribution < -0.4 is 0 Å². The minimum Gasteiger partial charge on any atom is -0.291 e. The van der Waals surface area contributed by atoms with Crippen LogP contribution in [0.25, 0.3) is 0 Å². The maximum atomic E-state index is 13.9. The van der Waals surface area contributed by atoms with E-state index in [-0.39, 0.29) is 47.2 Å². The molecular formula is C22H35N2O5PS. The molecular weight excluding hydrogens is 435 g/mol. The lowest BCUT2D eigenvalue weighted by molar-refractivity contribution is 0.0223. The molecule has 2 aliphatic rings. The third-order valence-corrected chi connectivity index (χ3v) is 9.16. The first-order valence-electron chi connectivity index (χ1n) is 10.9. The van der Waals surface area contributed by atoms with E-state index in [4.69, 9.17) is 9.05 Å². The zero-order valence-corrected chi connectivity index (χ0v) is 21.1. The maximum Gasteiger partial charge on any atom is 0.436 e. The number of nitrogens with zero attached hydrogens (tertiary/aromatic N) is 2. The van der Waals surface area contributed by atoms with Gasteiger partial charge in [0.25, 0.3) is 10.0 Å². The fourth-order valence-electron chi connectivity index (χ4n) is 3.91. The van der Waals surface area contributed by atoms with E-state index in [0.717, 1.165) is 18.4 Å². The summed E-state index contributed by atoms with van der Waals surface area (Å²) in [5.41, 5.74) is 0.707. The summed E-state index contributed by atoms with van der Waals surface area (Å²) >= 11 is 0. The maximum absolute atomic E-state index is 13.9. The Hall–Kier alpha value is -1.21. The Labute approximate surface area is 186 Å². The molecule has 0 spiro atoms. The molecule has 2 saturated heterocycles. The lowest BCUT2D eigenvalue weighted by atomic mass is 9.96. The summed E-state index contributed by atoms with van der Waals surface area (Å²) in [6, 6.07) is 6.41. The van der Waals surface area contributed by atoms with E-state index in [1.807, 2.05) is 34.6 Å². The topological polar surface area (TPSA) is 85.3 Å². The Kier molecular flexibility index (Phi) is 7.07. The molecule has 1 aromatic rings. The summed E-state index contributed by atoms with van der Waals surface area (Å²) in [5.74, 6) is 0.587. The summed E-state index contributed by atoms with van der Waals surface area (Å²) in [6.45, 7) is 12.6. The number of rotatable bonds is 4. The van der Waals surface area contributed by atoms with Gasteiger partial charge >= 0.3 is 7.75 Å². The molecule has 0 saturated carbocycles. The zero-order valence-electron chi connectivity index (χ0n) is 19.4. The van der Waals surface area contributed by atoms with Gasteiger partial charge in [-0.15, -0.1) is 4.40 Å². The van der Waals surface area contributed by atoms with E-state index in [0.29, 0.717) is 6.42 Å². The number of sulfonamides is 1. The van der Waals surface area contributed by atoms with Crippen molar-refractivity contribution < 1.29 is 22.0 Å².